The van der Waals surface area contributed by atoms with Gasteiger partial charge in [-0.15, -0.1) is 0 Å². The van der Waals surface area contributed by atoms with Gasteiger partial charge in [0.15, 0.2) is 11.6 Å². The minimum Gasteiger partial charge on any atom is -0.465 e. The van der Waals surface area contributed by atoms with Gasteiger partial charge in [0.2, 0.25) is 5.95 Å². The number of nitrogens with one attached hydrogen (secondary N) is 2. The largest absolute Gasteiger partial charge is 0.465 e. The molecule has 0 aliphatic heterocycles. The predicted octanol–water partition coefficient (Wildman–Crippen LogP) is 4.03. The molecule has 0 spiro atoms. The molecule has 0 radical (unpaired) electrons. The molecule has 132 valence electrons. The molecule has 0 unspecified atom stereocenters. The van der Waals surface area contributed by atoms with Crippen LogP contribution in [0, 0.1) is 11.6 Å². The average Bonchev–Trinajstić information content (AvgIpc) is 2.65. The minimum atomic E-state index is -0.964. The van der Waals surface area contributed by atoms with Crippen LogP contribution in [0.1, 0.15) is 10.4 Å². The number of rotatable bonds is 5. The number of benzene rings is 2. The maximum absolute atomic E-state index is 13.3. The quantitative estimate of drug-likeness (QED) is 0.672. The number of methoxy groups -OCH3 is 1. The van der Waals surface area contributed by atoms with Gasteiger partial charge in [0.1, 0.15) is 5.82 Å². The van der Waals surface area contributed by atoms with E-state index in [0.717, 1.165) is 12.1 Å². The zero-order valence-corrected chi connectivity index (χ0v) is 13.7. The first-order chi connectivity index (χ1) is 12.6. The molecular formula is C18H14F2N4O2. The first-order valence-electron chi connectivity index (χ1n) is 7.56. The van der Waals surface area contributed by atoms with Crippen molar-refractivity contribution in [3.05, 3.63) is 71.9 Å². The number of ether oxygens (including phenoxy) is 1. The van der Waals surface area contributed by atoms with Crippen LogP contribution in [0.25, 0.3) is 0 Å². The Morgan fingerprint density at radius 2 is 1.85 bits per heavy atom. The number of anilines is 4. The normalized spacial score (nSPS) is 10.3. The van der Waals surface area contributed by atoms with Crippen LogP contribution in [0.4, 0.5) is 31.9 Å². The van der Waals surface area contributed by atoms with Crippen molar-refractivity contribution >= 4 is 29.1 Å². The third-order valence-electron chi connectivity index (χ3n) is 3.43. The second kappa shape index (κ2) is 7.56. The summed E-state index contributed by atoms with van der Waals surface area (Å²) in [5, 5.41) is 5.79. The highest BCUT2D eigenvalue weighted by molar-refractivity contribution is 5.96. The molecule has 0 atom stereocenters. The molecule has 1 heterocycles. The van der Waals surface area contributed by atoms with E-state index >= 15 is 0 Å². The zero-order chi connectivity index (χ0) is 18.5. The third-order valence-corrected chi connectivity index (χ3v) is 3.43. The fourth-order valence-electron chi connectivity index (χ4n) is 2.21. The Balaban J connectivity index is 1.82. The van der Waals surface area contributed by atoms with Crippen LogP contribution in [0.2, 0.25) is 0 Å². The van der Waals surface area contributed by atoms with Crippen molar-refractivity contribution in [3.63, 3.8) is 0 Å². The van der Waals surface area contributed by atoms with Crippen LogP contribution in [0.15, 0.2) is 54.7 Å². The van der Waals surface area contributed by atoms with Crippen LogP contribution in [0.5, 0.6) is 0 Å². The van der Waals surface area contributed by atoms with E-state index in [-0.39, 0.29) is 5.95 Å². The Morgan fingerprint density at radius 1 is 1.04 bits per heavy atom. The monoisotopic (exact) mass is 356 g/mol. The molecule has 0 fully saturated rings. The van der Waals surface area contributed by atoms with Crippen molar-refractivity contribution in [1.29, 1.82) is 0 Å². The van der Waals surface area contributed by atoms with E-state index in [4.69, 9.17) is 4.74 Å². The molecule has 0 aliphatic rings. The van der Waals surface area contributed by atoms with E-state index in [1.807, 2.05) is 0 Å². The number of esters is 1. The van der Waals surface area contributed by atoms with Crippen LogP contribution >= 0.6 is 0 Å². The Morgan fingerprint density at radius 3 is 2.62 bits per heavy atom. The summed E-state index contributed by atoms with van der Waals surface area (Å²) in [4.78, 5) is 20.1. The molecule has 1 aromatic heterocycles. The van der Waals surface area contributed by atoms with E-state index in [1.165, 1.54) is 19.4 Å². The summed E-state index contributed by atoms with van der Waals surface area (Å²) in [6.45, 7) is 0. The Hall–Kier alpha value is -3.55. The summed E-state index contributed by atoms with van der Waals surface area (Å²) in [7, 11) is 1.29. The highest BCUT2D eigenvalue weighted by Gasteiger charge is 2.12. The van der Waals surface area contributed by atoms with Crippen LogP contribution in [0.3, 0.4) is 0 Å². The van der Waals surface area contributed by atoms with Crippen molar-refractivity contribution in [2.24, 2.45) is 0 Å². The van der Waals surface area contributed by atoms with E-state index in [1.54, 1.807) is 30.3 Å². The highest BCUT2D eigenvalue weighted by Crippen LogP contribution is 2.22. The van der Waals surface area contributed by atoms with Crippen LogP contribution < -0.4 is 10.6 Å². The summed E-state index contributed by atoms with van der Waals surface area (Å²) in [5.41, 5.74) is 1.14. The predicted molar refractivity (Wildman–Crippen MR) is 92.7 cm³/mol. The van der Waals surface area contributed by atoms with E-state index in [0.29, 0.717) is 22.8 Å². The maximum Gasteiger partial charge on any atom is 0.339 e. The molecule has 0 saturated carbocycles. The molecule has 8 heteroatoms. The Bertz CT molecular complexity index is 950. The first-order valence-corrected chi connectivity index (χ1v) is 7.56. The summed E-state index contributed by atoms with van der Waals surface area (Å²) in [6.07, 6.45) is 1.48. The molecular weight excluding hydrogens is 342 g/mol. The summed E-state index contributed by atoms with van der Waals surface area (Å²) in [5.74, 6) is -1.81. The van der Waals surface area contributed by atoms with Crippen molar-refractivity contribution < 1.29 is 18.3 Å². The first kappa shape index (κ1) is 17.3. The third kappa shape index (κ3) is 3.92. The molecule has 0 bridgehead atoms. The smallest absolute Gasteiger partial charge is 0.339 e. The Labute approximate surface area is 147 Å². The number of para-hydroxylation sites is 1. The molecule has 0 amide bonds. The van der Waals surface area contributed by atoms with Gasteiger partial charge in [0.05, 0.1) is 18.4 Å². The summed E-state index contributed by atoms with van der Waals surface area (Å²) >= 11 is 0. The van der Waals surface area contributed by atoms with Crippen molar-refractivity contribution in [2.75, 3.05) is 17.7 Å². The van der Waals surface area contributed by atoms with E-state index in [9.17, 15) is 13.6 Å². The second-order valence-electron chi connectivity index (χ2n) is 5.18. The van der Waals surface area contributed by atoms with Gasteiger partial charge in [-0.05, 0) is 30.3 Å². The standard InChI is InChI=1S/C18H14F2N4O2/c1-26-17(25)12-4-2-3-5-15(12)23-18-21-9-8-16(24-18)22-11-6-7-13(19)14(20)10-11/h2-10H,1H3,(H2,21,22,23,24). The van der Waals surface area contributed by atoms with Gasteiger partial charge in [-0.1, -0.05) is 12.1 Å². The van der Waals surface area contributed by atoms with Crippen LogP contribution in [-0.4, -0.2) is 23.0 Å². The van der Waals surface area contributed by atoms with Gasteiger partial charge in [0.25, 0.3) is 0 Å². The fraction of sp³-hybridized carbons (Fsp3) is 0.0556. The molecule has 26 heavy (non-hydrogen) atoms. The molecule has 6 nitrogen and oxygen atoms in total. The highest BCUT2D eigenvalue weighted by atomic mass is 19.2. The van der Waals surface area contributed by atoms with Crippen molar-refractivity contribution in [3.8, 4) is 0 Å². The lowest BCUT2D eigenvalue weighted by Crippen LogP contribution is -2.07. The SMILES string of the molecule is COC(=O)c1ccccc1Nc1nccc(Nc2ccc(F)c(F)c2)n1. The van der Waals surface area contributed by atoms with Gasteiger partial charge < -0.3 is 15.4 Å². The second-order valence-corrected chi connectivity index (χ2v) is 5.18. The molecule has 2 aromatic carbocycles. The fourth-order valence-corrected chi connectivity index (χ4v) is 2.21. The molecule has 3 rings (SSSR count). The lowest BCUT2D eigenvalue weighted by molar-refractivity contribution is 0.0602. The summed E-state index contributed by atoms with van der Waals surface area (Å²) < 4.78 is 31.0. The zero-order valence-electron chi connectivity index (χ0n) is 13.7. The number of hydrogen-bond acceptors (Lipinski definition) is 6. The van der Waals surface area contributed by atoms with E-state index in [2.05, 4.69) is 20.6 Å². The van der Waals surface area contributed by atoms with Gasteiger partial charge in [-0.25, -0.2) is 18.6 Å². The van der Waals surface area contributed by atoms with Crippen LogP contribution in [-0.2, 0) is 4.74 Å². The lowest BCUT2D eigenvalue weighted by atomic mass is 10.2. The number of halogens is 2. The lowest BCUT2D eigenvalue weighted by Gasteiger charge is -2.11. The van der Waals surface area contributed by atoms with Gasteiger partial charge in [-0.3, -0.25) is 0 Å². The number of aromatic nitrogens is 2. The topological polar surface area (TPSA) is 76.1 Å². The number of hydrogen-bond donors (Lipinski definition) is 2. The number of carbonyl (C=O) groups is 1. The average molecular weight is 356 g/mol. The van der Waals surface area contributed by atoms with Crippen molar-refractivity contribution in [1.82, 2.24) is 9.97 Å². The molecule has 0 aliphatic carbocycles. The van der Waals surface area contributed by atoms with Gasteiger partial charge in [-0.2, -0.15) is 4.98 Å². The minimum absolute atomic E-state index is 0.217. The van der Waals surface area contributed by atoms with Gasteiger partial charge >= 0.3 is 5.97 Å². The Kier molecular flexibility index (Phi) is 5.02. The number of carbonyl (C=O) groups excluding carboxylic acids is 1. The van der Waals surface area contributed by atoms with Gasteiger partial charge in [0, 0.05) is 18.0 Å². The number of nitrogens with zero attached hydrogens (tertiary/aromatic N) is 2. The van der Waals surface area contributed by atoms with E-state index < -0.39 is 17.6 Å². The molecule has 0 saturated heterocycles. The van der Waals surface area contributed by atoms with Crippen molar-refractivity contribution in [2.45, 2.75) is 0 Å². The summed E-state index contributed by atoms with van der Waals surface area (Å²) in [6, 6.07) is 11.8. The molecule has 3 aromatic rings. The molecule has 2 N–H and O–H groups in total. The maximum atomic E-state index is 13.3.